The van der Waals surface area contributed by atoms with E-state index < -0.39 is 0 Å². The summed E-state index contributed by atoms with van der Waals surface area (Å²) in [7, 11) is 0. The second kappa shape index (κ2) is 5.78. The van der Waals surface area contributed by atoms with Crippen LogP contribution < -0.4 is 0 Å². The van der Waals surface area contributed by atoms with E-state index in [1.807, 2.05) is 0 Å². The molecule has 0 unspecified atom stereocenters. The molecule has 0 aliphatic heterocycles. The van der Waals surface area contributed by atoms with Crippen molar-refractivity contribution in [1.29, 1.82) is 0 Å². The summed E-state index contributed by atoms with van der Waals surface area (Å²) in [5, 5.41) is 0. The summed E-state index contributed by atoms with van der Waals surface area (Å²) in [4.78, 5) is 4.05. The van der Waals surface area contributed by atoms with Crippen molar-refractivity contribution in [3.05, 3.63) is 0 Å². The third-order valence-corrected chi connectivity index (χ3v) is 5.09. The van der Waals surface area contributed by atoms with E-state index in [1.54, 1.807) is 0 Å². The molecule has 0 aliphatic rings. The molecule has 0 spiro atoms. The van der Waals surface area contributed by atoms with Gasteiger partial charge in [0.2, 0.25) is 0 Å². The molecule has 76 valence electrons. The van der Waals surface area contributed by atoms with E-state index in [4.69, 9.17) is 0 Å². The van der Waals surface area contributed by atoms with Crippen LogP contribution >= 0.6 is 75.8 Å². The van der Waals surface area contributed by atoms with E-state index in [0.29, 0.717) is 29.4 Å². The summed E-state index contributed by atoms with van der Waals surface area (Å²) in [6.07, 6.45) is 0. The molecule has 0 aliphatic carbocycles. The summed E-state index contributed by atoms with van der Waals surface area (Å²) in [5.41, 5.74) is 0. The maximum atomic E-state index is 4.21. The van der Waals surface area contributed by atoms with Crippen LogP contribution in [0.2, 0.25) is 0 Å². The smallest absolute Gasteiger partial charge is 0.0331 e. The van der Waals surface area contributed by atoms with Crippen molar-refractivity contribution in [2.24, 2.45) is 0 Å². The predicted octanol–water partition coefficient (Wildman–Crippen LogP) is 3.42. The molecule has 0 saturated heterocycles. The van der Waals surface area contributed by atoms with Crippen LogP contribution in [0.5, 0.6) is 0 Å². The molecule has 0 atom stereocenters. The van der Waals surface area contributed by atoms with Gasteiger partial charge in [0.1, 0.15) is 0 Å². The molecule has 0 nitrogen and oxygen atoms in total. The second-order valence-electron chi connectivity index (χ2n) is 2.09. The van der Waals surface area contributed by atoms with Gasteiger partial charge in [-0.05, 0) is 0 Å². The zero-order valence-corrected chi connectivity index (χ0v) is 12.4. The van der Waals surface area contributed by atoms with E-state index in [-0.39, 0.29) is 16.5 Å². The quantitative estimate of drug-likeness (QED) is 0.305. The topological polar surface area (TPSA) is 0 Å². The SMILES string of the molecule is Sc1c(S)c(S)c(S)c(S)c1S.[Ni]. The summed E-state index contributed by atoms with van der Waals surface area (Å²) in [6.45, 7) is 0. The number of thiol groups is 6. The van der Waals surface area contributed by atoms with Gasteiger partial charge in [0.25, 0.3) is 0 Å². The first kappa shape index (κ1) is 14.8. The molecule has 0 saturated carbocycles. The van der Waals surface area contributed by atoms with Gasteiger partial charge >= 0.3 is 0 Å². The van der Waals surface area contributed by atoms with Crippen LogP contribution in [-0.4, -0.2) is 0 Å². The number of benzene rings is 1. The van der Waals surface area contributed by atoms with Crippen LogP contribution in [0.1, 0.15) is 0 Å². The fourth-order valence-electron chi connectivity index (χ4n) is 0.673. The van der Waals surface area contributed by atoms with Crippen LogP contribution in [0.25, 0.3) is 0 Å². The number of rotatable bonds is 0. The van der Waals surface area contributed by atoms with Crippen molar-refractivity contribution in [3.63, 3.8) is 0 Å². The first-order valence-corrected chi connectivity index (χ1v) is 5.52. The maximum Gasteiger partial charge on any atom is 0.0331 e. The third-order valence-electron chi connectivity index (χ3n) is 1.35. The van der Waals surface area contributed by atoms with Gasteiger partial charge in [-0.25, -0.2) is 0 Å². The maximum absolute atomic E-state index is 4.21. The molecule has 1 aromatic carbocycles. The van der Waals surface area contributed by atoms with Crippen LogP contribution in [0.3, 0.4) is 0 Å². The van der Waals surface area contributed by atoms with Crippen molar-refractivity contribution in [3.8, 4) is 0 Å². The Kier molecular flexibility index (Phi) is 6.58. The molecule has 0 fully saturated rings. The summed E-state index contributed by atoms with van der Waals surface area (Å²) >= 11 is 25.3. The first-order chi connectivity index (χ1) is 5.46. The van der Waals surface area contributed by atoms with Gasteiger partial charge in [-0.2, -0.15) is 0 Å². The monoisotopic (exact) mass is 328 g/mol. The average molecular weight is 329 g/mol. The van der Waals surface area contributed by atoms with Crippen molar-refractivity contribution < 1.29 is 16.5 Å². The molecule has 0 amide bonds. The fraction of sp³-hybridized carbons (Fsp3) is 0. The van der Waals surface area contributed by atoms with Gasteiger partial charge in [-0.1, -0.05) is 0 Å². The fourth-order valence-corrected chi connectivity index (χ4v) is 2.54. The molecule has 0 radical (unpaired) electrons. The Hall–Kier alpha value is 1.81. The second-order valence-corrected chi connectivity index (χ2v) is 4.77. The molecule has 0 N–H and O–H groups in total. The van der Waals surface area contributed by atoms with Crippen molar-refractivity contribution in [1.82, 2.24) is 0 Å². The minimum atomic E-state index is 0. The predicted molar refractivity (Wildman–Crippen MR) is 70.0 cm³/mol. The molecule has 0 bridgehead atoms. The summed E-state index contributed by atoms with van der Waals surface area (Å²) < 4.78 is 0. The average Bonchev–Trinajstić information content (AvgIpc) is 2.08. The third kappa shape index (κ3) is 2.89. The molecule has 7 heteroatoms. The Bertz CT molecular complexity index is 231. The van der Waals surface area contributed by atoms with Crippen LogP contribution in [0, 0.1) is 0 Å². The Morgan fingerprint density at radius 1 is 0.385 bits per heavy atom. The molecule has 13 heavy (non-hydrogen) atoms. The molecule has 1 aromatic rings. The molecule has 0 aromatic heterocycles. The van der Waals surface area contributed by atoms with E-state index >= 15 is 0 Å². The van der Waals surface area contributed by atoms with Gasteiger partial charge in [-0.15, -0.1) is 75.8 Å². The normalized spacial score (nSPS) is 9.69. The first-order valence-electron chi connectivity index (χ1n) is 2.84. The summed E-state index contributed by atoms with van der Waals surface area (Å²) in [5.74, 6) is 0. The zero-order chi connectivity index (χ0) is 9.46. The minimum Gasteiger partial charge on any atom is -0.141 e. The standard InChI is InChI=1S/C6H6S6.Ni/c7-1-2(8)4(10)6(12)5(11)3(1)9;/h7-12H;. The largest absolute Gasteiger partial charge is 0.141 e. The van der Waals surface area contributed by atoms with Crippen LogP contribution in [-0.2, 0) is 16.5 Å². The van der Waals surface area contributed by atoms with E-state index in [0.717, 1.165) is 0 Å². The summed E-state index contributed by atoms with van der Waals surface area (Å²) in [6, 6.07) is 0. The Morgan fingerprint density at radius 3 is 0.538 bits per heavy atom. The van der Waals surface area contributed by atoms with Gasteiger partial charge in [0.15, 0.2) is 0 Å². The Balaban J connectivity index is 0.00000144. The Labute approximate surface area is 120 Å². The van der Waals surface area contributed by atoms with Crippen molar-refractivity contribution in [2.45, 2.75) is 29.4 Å². The number of hydrogen-bond donors (Lipinski definition) is 6. The molecule has 0 heterocycles. The van der Waals surface area contributed by atoms with Crippen LogP contribution in [0.4, 0.5) is 0 Å². The Morgan fingerprint density at radius 2 is 0.462 bits per heavy atom. The zero-order valence-electron chi connectivity index (χ0n) is 6.00. The molecule has 1 rings (SSSR count). The number of hydrogen-bond acceptors (Lipinski definition) is 6. The van der Waals surface area contributed by atoms with Gasteiger partial charge in [0, 0.05) is 45.9 Å². The minimum absolute atomic E-state index is 0. The molecular formula is C6H6NiS6. The van der Waals surface area contributed by atoms with Crippen molar-refractivity contribution >= 4 is 75.8 Å². The van der Waals surface area contributed by atoms with E-state index in [9.17, 15) is 0 Å². The van der Waals surface area contributed by atoms with Gasteiger partial charge in [-0.3, -0.25) is 0 Å². The molecular weight excluding hydrogens is 323 g/mol. The van der Waals surface area contributed by atoms with Crippen LogP contribution in [0.15, 0.2) is 29.4 Å². The van der Waals surface area contributed by atoms with E-state index in [2.05, 4.69) is 75.8 Å². The van der Waals surface area contributed by atoms with E-state index in [1.165, 1.54) is 0 Å². The van der Waals surface area contributed by atoms with Gasteiger partial charge in [0.05, 0.1) is 0 Å². The van der Waals surface area contributed by atoms with Gasteiger partial charge < -0.3 is 0 Å². The van der Waals surface area contributed by atoms with Crippen molar-refractivity contribution in [2.75, 3.05) is 0 Å².